The van der Waals surface area contributed by atoms with E-state index >= 15 is 0 Å². The van der Waals surface area contributed by atoms with Crippen LogP contribution < -0.4 is 10.6 Å². The minimum atomic E-state index is -0.0542. The summed E-state index contributed by atoms with van der Waals surface area (Å²) in [6.45, 7) is 0.580. The third-order valence-corrected chi connectivity index (χ3v) is 2.59. The summed E-state index contributed by atoms with van der Waals surface area (Å²) in [5, 5.41) is 0. The van der Waals surface area contributed by atoms with Crippen LogP contribution in [0.25, 0.3) is 0 Å². The first-order valence-electron chi connectivity index (χ1n) is 4.33. The Balaban J connectivity index is 2.27. The third kappa shape index (κ3) is 1.78. The van der Waals surface area contributed by atoms with E-state index in [1.807, 2.05) is 6.07 Å². The van der Waals surface area contributed by atoms with Crippen LogP contribution in [0.4, 0.5) is 5.69 Å². The van der Waals surface area contributed by atoms with Gasteiger partial charge in [-0.3, -0.25) is 9.78 Å². The van der Waals surface area contributed by atoms with E-state index in [9.17, 15) is 4.79 Å². The van der Waals surface area contributed by atoms with Crippen LogP contribution in [-0.4, -0.2) is 23.5 Å². The molecule has 0 saturated carbocycles. The highest BCUT2D eigenvalue weighted by atomic mass is 79.9. The number of anilines is 1. The highest BCUT2D eigenvalue weighted by Crippen LogP contribution is 2.22. The average molecular weight is 256 g/mol. The van der Waals surface area contributed by atoms with Gasteiger partial charge in [-0.25, -0.2) is 0 Å². The molecule has 1 aliphatic rings. The third-order valence-electron chi connectivity index (χ3n) is 2.16. The molecule has 4 nitrogen and oxygen atoms in total. The largest absolute Gasteiger partial charge is 0.326 e. The van der Waals surface area contributed by atoms with Gasteiger partial charge in [0.05, 0.1) is 11.9 Å². The molecule has 74 valence electrons. The molecule has 2 heterocycles. The van der Waals surface area contributed by atoms with E-state index in [2.05, 4.69) is 20.9 Å². The molecular weight excluding hydrogens is 246 g/mol. The number of hydrogen-bond donors (Lipinski definition) is 1. The van der Waals surface area contributed by atoms with Gasteiger partial charge in [0, 0.05) is 29.7 Å². The smallest absolute Gasteiger partial charge is 0.228 e. The van der Waals surface area contributed by atoms with Gasteiger partial charge in [0.1, 0.15) is 0 Å². The molecule has 14 heavy (non-hydrogen) atoms. The molecular formula is C9H10BrN3O. The van der Waals surface area contributed by atoms with Crippen molar-refractivity contribution in [1.82, 2.24) is 4.98 Å². The summed E-state index contributed by atoms with van der Waals surface area (Å²) < 4.78 is 0.864. The number of carbonyl (C=O) groups excluding carboxylic acids is 1. The SMILES string of the molecule is NC1CC(=O)N(c2cncc(Br)c2)C1. The number of carbonyl (C=O) groups is 1. The van der Waals surface area contributed by atoms with Crippen molar-refractivity contribution in [3.63, 3.8) is 0 Å². The maximum Gasteiger partial charge on any atom is 0.228 e. The standard InChI is InChI=1S/C9H10BrN3O/c10-6-1-8(4-12-3-6)13-5-7(11)2-9(13)14/h1,3-4,7H,2,5,11H2. The maximum atomic E-state index is 11.5. The van der Waals surface area contributed by atoms with Crippen molar-refractivity contribution in [3.05, 3.63) is 22.9 Å². The number of pyridine rings is 1. The number of hydrogen-bond acceptors (Lipinski definition) is 3. The molecule has 1 fully saturated rings. The van der Waals surface area contributed by atoms with Crippen molar-refractivity contribution in [2.75, 3.05) is 11.4 Å². The Kier molecular flexibility index (Phi) is 2.52. The van der Waals surface area contributed by atoms with Crippen molar-refractivity contribution in [2.24, 2.45) is 5.73 Å². The molecule has 0 radical (unpaired) electrons. The second kappa shape index (κ2) is 3.67. The first-order valence-corrected chi connectivity index (χ1v) is 5.12. The molecule has 0 bridgehead atoms. The quantitative estimate of drug-likeness (QED) is 0.812. The monoisotopic (exact) mass is 255 g/mol. The van der Waals surface area contributed by atoms with Crippen LogP contribution >= 0.6 is 15.9 Å². The second-order valence-corrected chi connectivity index (χ2v) is 4.25. The van der Waals surface area contributed by atoms with Gasteiger partial charge in [-0.05, 0) is 22.0 Å². The van der Waals surface area contributed by atoms with Crippen molar-refractivity contribution in [1.29, 1.82) is 0 Å². The average Bonchev–Trinajstić information content (AvgIpc) is 2.45. The molecule has 2 N–H and O–H groups in total. The normalized spacial score (nSPS) is 21.7. The summed E-state index contributed by atoms with van der Waals surface area (Å²) in [6.07, 6.45) is 3.77. The van der Waals surface area contributed by atoms with Gasteiger partial charge >= 0.3 is 0 Å². The predicted octanol–water partition coefficient (Wildman–Crippen LogP) is 0.908. The molecule has 0 spiro atoms. The lowest BCUT2D eigenvalue weighted by molar-refractivity contribution is -0.117. The fourth-order valence-electron chi connectivity index (χ4n) is 1.53. The zero-order valence-electron chi connectivity index (χ0n) is 7.48. The van der Waals surface area contributed by atoms with Crippen LogP contribution in [0.1, 0.15) is 6.42 Å². The number of nitrogens with zero attached hydrogens (tertiary/aromatic N) is 2. The van der Waals surface area contributed by atoms with Crippen molar-refractivity contribution >= 4 is 27.5 Å². The van der Waals surface area contributed by atoms with Gasteiger partial charge in [0.2, 0.25) is 5.91 Å². The summed E-state index contributed by atoms with van der Waals surface area (Å²) in [4.78, 5) is 17.2. The predicted molar refractivity (Wildman–Crippen MR) is 56.9 cm³/mol. The Hall–Kier alpha value is -0.940. The molecule has 1 aromatic rings. The summed E-state index contributed by atoms with van der Waals surface area (Å²) in [5.74, 6) is 0.0670. The Labute approximate surface area is 90.2 Å². The van der Waals surface area contributed by atoms with Gasteiger partial charge in [-0.2, -0.15) is 0 Å². The number of aromatic nitrogens is 1. The minimum Gasteiger partial charge on any atom is -0.326 e. The lowest BCUT2D eigenvalue weighted by Gasteiger charge is -2.15. The Bertz CT molecular complexity index is 369. The first kappa shape index (κ1) is 9.61. The molecule has 1 unspecified atom stereocenters. The first-order chi connectivity index (χ1) is 6.66. The van der Waals surface area contributed by atoms with E-state index in [4.69, 9.17) is 5.73 Å². The Morgan fingerprint density at radius 1 is 1.57 bits per heavy atom. The maximum absolute atomic E-state index is 11.5. The molecule has 1 aromatic heterocycles. The number of nitrogens with two attached hydrogens (primary N) is 1. The lowest BCUT2D eigenvalue weighted by Crippen LogP contribution is -2.27. The van der Waals surface area contributed by atoms with Crippen LogP contribution in [0.5, 0.6) is 0 Å². The zero-order valence-corrected chi connectivity index (χ0v) is 9.07. The zero-order chi connectivity index (χ0) is 10.1. The van der Waals surface area contributed by atoms with Gasteiger partial charge in [0.15, 0.2) is 0 Å². The second-order valence-electron chi connectivity index (χ2n) is 3.33. The van der Waals surface area contributed by atoms with Crippen LogP contribution in [0.15, 0.2) is 22.9 Å². The summed E-state index contributed by atoms with van der Waals surface area (Å²) in [7, 11) is 0. The fourth-order valence-corrected chi connectivity index (χ4v) is 1.89. The van der Waals surface area contributed by atoms with Crippen molar-refractivity contribution in [3.8, 4) is 0 Å². The highest BCUT2D eigenvalue weighted by Gasteiger charge is 2.28. The molecule has 0 aromatic carbocycles. The number of amides is 1. The summed E-state index contributed by atoms with van der Waals surface area (Å²) in [6, 6.07) is 1.81. The molecule has 1 atom stereocenters. The van der Waals surface area contributed by atoms with E-state index < -0.39 is 0 Å². The minimum absolute atomic E-state index is 0.0542. The molecule has 1 aliphatic heterocycles. The molecule has 1 saturated heterocycles. The molecule has 0 aliphatic carbocycles. The van der Waals surface area contributed by atoms with Crippen LogP contribution in [-0.2, 0) is 4.79 Å². The summed E-state index contributed by atoms with van der Waals surface area (Å²) in [5.41, 5.74) is 6.50. The Morgan fingerprint density at radius 2 is 2.36 bits per heavy atom. The van der Waals surface area contributed by atoms with E-state index in [-0.39, 0.29) is 11.9 Å². The van der Waals surface area contributed by atoms with Crippen LogP contribution in [0, 0.1) is 0 Å². The van der Waals surface area contributed by atoms with E-state index in [1.54, 1.807) is 17.3 Å². The fraction of sp³-hybridized carbons (Fsp3) is 0.333. The number of halogens is 1. The van der Waals surface area contributed by atoms with Crippen molar-refractivity contribution < 1.29 is 4.79 Å². The Morgan fingerprint density at radius 3 is 2.93 bits per heavy atom. The van der Waals surface area contributed by atoms with E-state index in [0.717, 1.165) is 10.2 Å². The van der Waals surface area contributed by atoms with Gasteiger partial charge in [-0.1, -0.05) is 0 Å². The van der Waals surface area contributed by atoms with Gasteiger partial charge in [0.25, 0.3) is 0 Å². The highest BCUT2D eigenvalue weighted by molar-refractivity contribution is 9.10. The van der Waals surface area contributed by atoms with Crippen molar-refractivity contribution in [2.45, 2.75) is 12.5 Å². The molecule has 2 rings (SSSR count). The lowest BCUT2D eigenvalue weighted by atomic mass is 10.3. The number of rotatable bonds is 1. The van der Waals surface area contributed by atoms with E-state index in [1.165, 1.54) is 0 Å². The van der Waals surface area contributed by atoms with Gasteiger partial charge < -0.3 is 10.6 Å². The summed E-state index contributed by atoms with van der Waals surface area (Å²) >= 11 is 3.31. The van der Waals surface area contributed by atoms with Crippen LogP contribution in [0.2, 0.25) is 0 Å². The topological polar surface area (TPSA) is 59.2 Å². The molecule has 1 amide bonds. The molecule has 5 heteroatoms. The van der Waals surface area contributed by atoms with Gasteiger partial charge in [-0.15, -0.1) is 0 Å². The van der Waals surface area contributed by atoms with Crippen LogP contribution in [0.3, 0.4) is 0 Å². The van der Waals surface area contributed by atoms with E-state index in [0.29, 0.717) is 13.0 Å².